The van der Waals surface area contributed by atoms with Gasteiger partial charge in [0.15, 0.2) is 24.4 Å². The Hall–Kier alpha value is -6.42. The number of benzene rings is 2. The van der Waals surface area contributed by atoms with Gasteiger partial charge in [0.1, 0.15) is 35.5 Å². The Kier molecular flexibility index (Phi) is 21.0. The molecule has 2 aromatic carbocycles. The number of amides is 4. The molecule has 82 heavy (non-hydrogen) atoms. The molecule has 4 amide bonds. The predicted molar refractivity (Wildman–Crippen MR) is 298 cm³/mol. The highest BCUT2D eigenvalue weighted by Gasteiger charge is 2.46. The zero-order chi connectivity index (χ0) is 59.8. The van der Waals surface area contributed by atoms with Crippen LogP contribution >= 0.6 is 0 Å². The van der Waals surface area contributed by atoms with Gasteiger partial charge >= 0.3 is 23.9 Å². The van der Waals surface area contributed by atoms with Crippen LogP contribution < -0.4 is 9.80 Å². The van der Waals surface area contributed by atoms with E-state index in [1.807, 2.05) is 24.3 Å². The molecule has 2 saturated carbocycles. The fourth-order valence-corrected chi connectivity index (χ4v) is 10.6. The number of hydrogen-bond acceptors (Lipinski definition) is 16. The van der Waals surface area contributed by atoms with Gasteiger partial charge in [0, 0.05) is 91.4 Å². The van der Waals surface area contributed by atoms with E-state index in [4.69, 9.17) is 28.4 Å². The Morgan fingerprint density at radius 1 is 0.439 bits per heavy atom. The summed E-state index contributed by atoms with van der Waals surface area (Å²) in [6.07, 6.45) is -5.10. The van der Waals surface area contributed by atoms with Crippen LogP contribution in [0.5, 0.6) is 0 Å². The molecule has 0 aromatic heterocycles. The number of nitrogens with zero attached hydrogens (tertiary/aromatic N) is 6. The van der Waals surface area contributed by atoms with E-state index in [9.17, 15) is 28.8 Å². The molecule has 0 spiro atoms. The minimum atomic E-state index is -2.10. The Balaban J connectivity index is 1.26. The lowest BCUT2D eigenvalue weighted by Crippen LogP contribution is -2.55. The number of ether oxygens (including phenoxy) is 6. The van der Waals surface area contributed by atoms with Gasteiger partial charge in [0.2, 0.25) is 0 Å². The summed E-state index contributed by atoms with van der Waals surface area (Å²) in [5.74, 6) is -7.87. The van der Waals surface area contributed by atoms with Crippen LogP contribution in [0.3, 0.4) is 0 Å². The van der Waals surface area contributed by atoms with Gasteiger partial charge < -0.3 is 57.8 Å². The number of carbonyl (C=O) groups excluding carboxylic acids is 8. The van der Waals surface area contributed by atoms with Gasteiger partial charge in [0.05, 0.1) is 26.4 Å². The maximum absolute atomic E-state index is 15.9. The van der Waals surface area contributed by atoms with Crippen LogP contribution in [0.4, 0.5) is 20.2 Å². The Bertz CT molecular complexity index is 2400. The lowest BCUT2D eigenvalue weighted by molar-refractivity contribution is -0.176. The lowest BCUT2D eigenvalue weighted by atomic mass is 9.99. The standard InChI is InChI=1S/C60H84F2N6O14/c1-37-51(69)65(9)47(35-59(3,4)61)57(75)81-50(34-42-17-21-44(22-18-42)68-25-29-78-30-26-68)54(72)64(8)46(32-40-13-14-40)56(74)80-38(2)52(70)66(10)48(36-60(5,6)62)58(76)82-49(53(71)63(7)45(55(73)79-37)31-39-11-12-39)33-41-15-19-43(20-16-41)67-23-27-77-28-24-67/h15-22,37-40,45-50H,11-14,23-36H2,1-10H3. The summed E-state index contributed by atoms with van der Waals surface area (Å²) in [7, 11) is 5.14. The van der Waals surface area contributed by atoms with Crippen LogP contribution in [0.1, 0.15) is 104 Å². The second kappa shape index (κ2) is 27.3. The van der Waals surface area contributed by atoms with Gasteiger partial charge in [-0.15, -0.1) is 0 Å². The van der Waals surface area contributed by atoms with Crippen molar-refractivity contribution in [2.24, 2.45) is 11.8 Å². The molecule has 3 aliphatic heterocycles. The van der Waals surface area contributed by atoms with Crippen LogP contribution in [0.2, 0.25) is 0 Å². The molecule has 5 fully saturated rings. The Labute approximate surface area is 480 Å². The molecule has 7 rings (SSSR count). The second-order valence-electron chi connectivity index (χ2n) is 24.0. The van der Waals surface area contributed by atoms with Crippen molar-refractivity contribution in [2.75, 3.05) is 90.6 Å². The number of likely N-dealkylation sites (N-methyl/N-ethyl adjacent to an activating group) is 4. The maximum atomic E-state index is 15.9. The molecular weight excluding hydrogens is 1070 g/mol. The summed E-state index contributed by atoms with van der Waals surface area (Å²) < 4.78 is 66.7. The molecular formula is C60H84F2N6O14. The number of anilines is 2. The average molecular weight is 1150 g/mol. The summed E-state index contributed by atoms with van der Waals surface area (Å²) in [6, 6.07) is 8.46. The van der Waals surface area contributed by atoms with Crippen molar-refractivity contribution >= 4 is 58.9 Å². The molecule has 0 N–H and O–H groups in total. The van der Waals surface area contributed by atoms with Crippen LogP contribution in [-0.2, 0) is 79.6 Å². The van der Waals surface area contributed by atoms with E-state index < -0.39 is 120 Å². The normalized spacial score (nSPS) is 27.2. The molecule has 5 aliphatic rings. The van der Waals surface area contributed by atoms with Crippen LogP contribution in [0.25, 0.3) is 0 Å². The minimum absolute atomic E-state index is 0.0127. The van der Waals surface area contributed by atoms with Gasteiger partial charge in [-0.05, 0) is 102 Å². The molecule has 2 aliphatic carbocycles. The third kappa shape index (κ3) is 17.3. The zero-order valence-electron chi connectivity index (χ0n) is 49.3. The Morgan fingerprint density at radius 3 is 1.02 bits per heavy atom. The number of morpholine rings is 2. The van der Waals surface area contributed by atoms with Crippen molar-refractivity contribution < 1.29 is 75.6 Å². The van der Waals surface area contributed by atoms with E-state index in [-0.39, 0.29) is 37.5 Å². The summed E-state index contributed by atoms with van der Waals surface area (Å²) in [5, 5.41) is 0. The van der Waals surface area contributed by atoms with Crippen LogP contribution in [0.15, 0.2) is 48.5 Å². The summed E-state index contributed by atoms with van der Waals surface area (Å²) in [5.41, 5.74) is -1.31. The highest BCUT2D eigenvalue weighted by Crippen LogP contribution is 2.37. The molecule has 20 nitrogen and oxygen atoms in total. The SMILES string of the molecule is CC1OC(=O)C(CC2CC2)N(C)C(=O)C(Cc2ccc(N3CCOCC3)cc2)OC(=O)C(CC(C)(C)F)N(C)C(=O)C(C)OC(=O)C(CC2CC2)N(C)C(=O)C(Cc2ccc(N3CCOCC3)cc2)OC(=O)C(CC(C)(C)F)N(C)C1=O. The first-order chi connectivity index (χ1) is 38.7. The summed E-state index contributed by atoms with van der Waals surface area (Å²) >= 11 is 0. The minimum Gasteiger partial charge on any atom is -0.451 e. The van der Waals surface area contributed by atoms with Crippen LogP contribution in [-0.4, -0.2) is 208 Å². The third-order valence-electron chi connectivity index (χ3n) is 16.0. The van der Waals surface area contributed by atoms with Gasteiger partial charge in [-0.25, -0.2) is 28.0 Å². The van der Waals surface area contributed by atoms with E-state index in [2.05, 4.69) is 9.80 Å². The van der Waals surface area contributed by atoms with Crippen molar-refractivity contribution in [2.45, 2.75) is 166 Å². The molecule has 8 atom stereocenters. The lowest BCUT2D eigenvalue weighted by Gasteiger charge is -2.36. The first kappa shape index (κ1) is 63.2. The number of rotatable bonds is 14. The number of carbonyl (C=O) groups is 8. The van der Waals surface area contributed by atoms with E-state index in [1.165, 1.54) is 69.7 Å². The smallest absolute Gasteiger partial charge is 0.329 e. The molecule has 0 bridgehead atoms. The fraction of sp³-hybridized carbons (Fsp3) is 0.667. The highest BCUT2D eigenvalue weighted by atomic mass is 19.1. The van der Waals surface area contributed by atoms with Gasteiger partial charge in [0.25, 0.3) is 23.6 Å². The van der Waals surface area contributed by atoms with Crippen molar-refractivity contribution in [3.63, 3.8) is 0 Å². The summed E-state index contributed by atoms with van der Waals surface area (Å²) in [4.78, 5) is 126. The quantitative estimate of drug-likeness (QED) is 0.179. The number of esters is 4. The number of cyclic esters (lactones) is 4. The van der Waals surface area contributed by atoms with E-state index in [1.54, 1.807) is 24.3 Å². The topological polar surface area (TPSA) is 211 Å². The Morgan fingerprint density at radius 2 is 0.732 bits per heavy atom. The van der Waals surface area contributed by atoms with E-state index in [0.717, 1.165) is 56.7 Å². The number of hydrogen-bond donors (Lipinski definition) is 0. The molecule has 8 unspecified atom stereocenters. The molecule has 3 saturated heterocycles. The first-order valence-corrected chi connectivity index (χ1v) is 28.8. The highest BCUT2D eigenvalue weighted by molar-refractivity contribution is 5.94. The van der Waals surface area contributed by atoms with Crippen molar-refractivity contribution in [1.29, 1.82) is 0 Å². The van der Waals surface area contributed by atoms with E-state index in [0.29, 0.717) is 63.7 Å². The molecule has 452 valence electrons. The van der Waals surface area contributed by atoms with Crippen LogP contribution in [0, 0.1) is 11.8 Å². The maximum Gasteiger partial charge on any atom is 0.329 e. The zero-order valence-corrected chi connectivity index (χ0v) is 49.3. The van der Waals surface area contributed by atoms with Crippen molar-refractivity contribution in [3.05, 3.63) is 59.7 Å². The largest absolute Gasteiger partial charge is 0.451 e. The molecule has 0 radical (unpaired) electrons. The monoisotopic (exact) mass is 1150 g/mol. The van der Waals surface area contributed by atoms with Gasteiger partial charge in [-0.2, -0.15) is 0 Å². The van der Waals surface area contributed by atoms with Gasteiger partial charge in [-0.3, -0.25) is 19.2 Å². The average Bonchev–Trinajstić information content (AvgIpc) is 4.54. The van der Waals surface area contributed by atoms with Crippen molar-refractivity contribution in [1.82, 2.24) is 19.6 Å². The van der Waals surface area contributed by atoms with Crippen molar-refractivity contribution in [3.8, 4) is 0 Å². The molecule has 3 heterocycles. The molecule has 22 heteroatoms. The number of alkyl halides is 2. The third-order valence-corrected chi connectivity index (χ3v) is 16.0. The summed E-state index contributed by atoms with van der Waals surface area (Å²) in [6.45, 7) is 12.2. The fourth-order valence-electron chi connectivity index (χ4n) is 10.6. The molecule has 2 aromatic rings. The van der Waals surface area contributed by atoms with Gasteiger partial charge in [-0.1, -0.05) is 49.9 Å². The van der Waals surface area contributed by atoms with E-state index >= 15 is 18.4 Å². The first-order valence-electron chi connectivity index (χ1n) is 28.8. The number of halogens is 2. The predicted octanol–water partition coefficient (Wildman–Crippen LogP) is 5.03. The second-order valence-corrected chi connectivity index (χ2v) is 24.0.